The number of nitrogens with zero attached hydrogens (tertiary/aromatic N) is 1. The molecule has 0 aliphatic heterocycles. The molecule has 0 aromatic rings. The van der Waals surface area contributed by atoms with Gasteiger partial charge >= 0.3 is 0 Å². The fraction of sp³-hybridized carbons (Fsp3) is 0.933. The van der Waals surface area contributed by atoms with Crippen LogP contribution in [-0.2, 0) is 4.79 Å². The SMILES string of the molecule is CCC(CC)N(CCBr)C(=O)C1CCC(C)CC1. The van der Waals surface area contributed by atoms with Gasteiger partial charge in [-0.2, -0.15) is 0 Å². The van der Waals surface area contributed by atoms with E-state index in [4.69, 9.17) is 0 Å². The lowest BCUT2D eigenvalue weighted by atomic mass is 9.82. The lowest BCUT2D eigenvalue weighted by Gasteiger charge is -2.35. The third kappa shape index (κ3) is 4.25. The van der Waals surface area contributed by atoms with E-state index in [1.54, 1.807) is 0 Å². The maximum atomic E-state index is 12.7. The summed E-state index contributed by atoms with van der Waals surface area (Å²) in [5, 5.41) is 0.887. The van der Waals surface area contributed by atoms with E-state index in [2.05, 4.69) is 41.6 Å². The Bertz CT molecular complexity index is 245. The highest BCUT2D eigenvalue weighted by Gasteiger charge is 2.30. The molecular weight excluding hydrogens is 290 g/mol. The predicted octanol–water partition coefficient (Wildman–Crippen LogP) is 4.22. The minimum atomic E-state index is 0.292. The lowest BCUT2D eigenvalue weighted by Crippen LogP contribution is -2.44. The van der Waals surface area contributed by atoms with Gasteiger partial charge in [0.05, 0.1) is 0 Å². The van der Waals surface area contributed by atoms with Gasteiger partial charge in [0.15, 0.2) is 0 Å². The van der Waals surface area contributed by atoms with Crippen LogP contribution in [-0.4, -0.2) is 28.7 Å². The molecule has 0 unspecified atom stereocenters. The predicted molar refractivity (Wildman–Crippen MR) is 81.0 cm³/mol. The van der Waals surface area contributed by atoms with Crippen LogP contribution in [0, 0.1) is 11.8 Å². The topological polar surface area (TPSA) is 20.3 Å². The Hall–Kier alpha value is -0.0500. The molecule has 1 saturated carbocycles. The first-order valence-electron chi connectivity index (χ1n) is 7.50. The molecule has 0 saturated heterocycles. The van der Waals surface area contributed by atoms with Crippen molar-refractivity contribution in [2.45, 2.75) is 65.3 Å². The number of carbonyl (C=O) groups excluding carboxylic acids is 1. The van der Waals surface area contributed by atoms with E-state index < -0.39 is 0 Å². The summed E-state index contributed by atoms with van der Waals surface area (Å²) in [6.07, 6.45) is 6.78. The van der Waals surface area contributed by atoms with Crippen molar-refractivity contribution in [3.8, 4) is 0 Å². The number of hydrogen-bond donors (Lipinski definition) is 0. The van der Waals surface area contributed by atoms with E-state index in [1.807, 2.05) is 0 Å². The van der Waals surface area contributed by atoms with E-state index in [1.165, 1.54) is 12.8 Å². The summed E-state index contributed by atoms with van der Waals surface area (Å²) in [4.78, 5) is 14.8. The van der Waals surface area contributed by atoms with Gasteiger partial charge in [0.25, 0.3) is 0 Å². The van der Waals surface area contributed by atoms with Gasteiger partial charge in [0.2, 0.25) is 5.91 Å². The second kappa shape index (κ2) is 8.19. The van der Waals surface area contributed by atoms with Crippen molar-refractivity contribution in [3.63, 3.8) is 0 Å². The molecular formula is C15H28BrNO. The Morgan fingerprint density at radius 3 is 2.22 bits per heavy atom. The summed E-state index contributed by atoms with van der Waals surface area (Å²) in [5.74, 6) is 1.52. The van der Waals surface area contributed by atoms with Gasteiger partial charge in [-0.3, -0.25) is 4.79 Å². The monoisotopic (exact) mass is 317 g/mol. The molecule has 2 nitrogen and oxygen atoms in total. The highest BCUT2D eigenvalue weighted by atomic mass is 79.9. The largest absolute Gasteiger partial charge is 0.339 e. The molecule has 0 bridgehead atoms. The van der Waals surface area contributed by atoms with E-state index in [-0.39, 0.29) is 0 Å². The summed E-state index contributed by atoms with van der Waals surface area (Å²) in [6, 6.07) is 0.425. The minimum Gasteiger partial charge on any atom is -0.339 e. The number of rotatable bonds is 6. The van der Waals surface area contributed by atoms with Gasteiger partial charge in [0, 0.05) is 23.8 Å². The third-order valence-electron chi connectivity index (χ3n) is 4.36. The zero-order valence-corrected chi connectivity index (χ0v) is 13.7. The zero-order valence-electron chi connectivity index (χ0n) is 12.1. The van der Waals surface area contributed by atoms with Crippen LogP contribution in [0.1, 0.15) is 59.3 Å². The number of carbonyl (C=O) groups is 1. The summed E-state index contributed by atoms with van der Waals surface area (Å²) in [7, 11) is 0. The second-order valence-corrected chi connectivity index (χ2v) is 6.44. The average Bonchev–Trinajstić information content (AvgIpc) is 2.39. The Morgan fingerprint density at radius 1 is 1.22 bits per heavy atom. The molecule has 18 heavy (non-hydrogen) atoms. The second-order valence-electron chi connectivity index (χ2n) is 5.65. The van der Waals surface area contributed by atoms with Crippen molar-refractivity contribution in [1.29, 1.82) is 0 Å². The Balaban J connectivity index is 2.63. The van der Waals surface area contributed by atoms with Gasteiger partial charge in [0.1, 0.15) is 0 Å². The zero-order chi connectivity index (χ0) is 13.5. The van der Waals surface area contributed by atoms with Crippen LogP contribution >= 0.6 is 15.9 Å². The first-order valence-corrected chi connectivity index (χ1v) is 8.62. The van der Waals surface area contributed by atoms with E-state index >= 15 is 0 Å². The van der Waals surface area contributed by atoms with Crippen molar-refractivity contribution >= 4 is 21.8 Å². The van der Waals surface area contributed by atoms with Crippen molar-refractivity contribution < 1.29 is 4.79 Å². The average molecular weight is 318 g/mol. The number of hydrogen-bond acceptors (Lipinski definition) is 1. The van der Waals surface area contributed by atoms with Gasteiger partial charge in [-0.25, -0.2) is 0 Å². The fourth-order valence-electron chi connectivity index (χ4n) is 3.03. The highest BCUT2D eigenvalue weighted by Crippen LogP contribution is 2.30. The quantitative estimate of drug-likeness (QED) is 0.671. The smallest absolute Gasteiger partial charge is 0.225 e. The number of halogens is 1. The molecule has 1 rings (SSSR count). The molecule has 0 aromatic heterocycles. The summed E-state index contributed by atoms with van der Waals surface area (Å²) in [5.41, 5.74) is 0. The molecule has 0 N–H and O–H groups in total. The number of amides is 1. The molecule has 1 aliphatic carbocycles. The van der Waals surface area contributed by atoms with Gasteiger partial charge in [-0.1, -0.05) is 36.7 Å². The molecule has 1 aliphatic rings. The number of alkyl halides is 1. The Kier molecular flexibility index (Phi) is 7.28. The molecule has 0 radical (unpaired) electrons. The summed E-state index contributed by atoms with van der Waals surface area (Å²) in [6.45, 7) is 7.53. The van der Waals surface area contributed by atoms with E-state index in [0.717, 1.165) is 43.5 Å². The molecule has 1 fully saturated rings. The van der Waals surface area contributed by atoms with Crippen LogP contribution in [0.5, 0.6) is 0 Å². The highest BCUT2D eigenvalue weighted by molar-refractivity contribution is 9.09. The molecule has 0 atom stereocenters. The van der Waals surface area contributed by atoms with E-state index in [0.29, 0.717) is 17.9 Å². The molecule has 1 amide bonds. The fourth-order valence-corrected chi connectivity index (χ4v) is 3.42. The van der Waals surface area contributed by atoms with Crippen LogP contribution in [0.25, 0.3) is 0 Å². The van der Waals surface area contributed by atoms with Crippen molar-refractivity contribution in [3.05, 3.63) is 0 Å². The van der Waals surface area contributed by atoms with Crippen molar-refractivity contribution in [2.75, 3.05) is 11.9 Å². The molecule has 106 valence electrons. The summed E-state index contributed by atoms with van der Waals surface area (Å²) < 4.78 is 0. The van der Waals surface area contributed by atoms with Gasteiger partial charge in [-0.05, 0) is 44.4 Å². The molecule has 0 aromatic carbocycles. The maximum absolute atomic E-state index is 12.7. The van der Waals surface area contributed by atoms with Crippen LogP contribution in [0.3, 0.4) is 0 Å². The van der Waals surface area contributed by atoms with Gasteiger partial charge in [-0.15, -0.1) is 0 Å². The van der Waals surface area contributed by atoms with E-state index in [9.17, 15) is 4.79 Å². The van der Waals surface area contributed by atoms with Crippen molar-refractivity contribution in [2.24, 2.45) is 11.8 Å². The third-order valence-corrected chi connectivity index (χ3v) is 4.71. The first-order chi connectivity index (χ1) is 8.63. The normalized spacial score (nSPS) is 24.3. The van der Waals surface area contributed by atoms with Gasteiger partial charge < -0.3 is 4.90 Å². The van der Waals surface area contributed by atoms with Crippen LogP contribution in [0.15, 0.2) is 0 Å². The van der Waals surface area contributed by atoms with Crippen LogP contribution < -0.4 is 0 Å². The molecule has 0 spiro atoms. The van der Waals surface area contributed by atoms with Crippen LogP contribution in [0.4, 0.5) is 0 Å². The lowest BCUT2D eigenvalue weighted by molar-refractivity contribution is -0.139. The van der Waals surface area contributed by atoms with Crippen molar-refractivity contribution in [1.82, 2.24) is 4.90 Å². The maximum Gasteiger partial charge on any atom is 0.225 e. The first kappa shape index (κ1) is 16.0. The molecule has 0 heterocycles. The summed E-state index contributed by atoms with van der Waals surface area (Å²) >= 11 is 3.48. The molecule has 3 heteroatoms. The Morgan fingerprint density at radius 2 is 1.78 bits per heavy atom. The Labute approximate surface area is 121 Å². The standard InChI is InChI=1S/C15H28BrNO/c1-4-14(5-2)17(11-10-16)15(18)13-8-6-12(3)7-9-13/h12-14H,4-11H2,1-3H3. The minimum absolute atomic E-state index is 0.292. The van der Waals surface area contributed by atoms with Crippen LogP contribution in [0.2, 0.25) is 0 Å².